The van der Waals surface area contributed by atoms with Crippen LogP contribution in [0.4, 0.5) is 0 Å². The van der Waals surface area contributed by atoms with Crippen LogP contribution in [0, 0.1) is 0 Å². The van der Waals surface area contributed by atoms with Gasteiger partial charge in [0.25, 0.3) is 0 Å². The molecule has 0 aromatic carbocycles. The molecule has 0 aliphatic carbocycles. The van der Waals surface area contributed by atoms with E-state index in [0.29, 0.717) is 6.42 Å². The van der Waals surface area contributed by atoms with Crippen molar-refractivity contribution in [2.75, 3.05) is 7.11 Å². The molecule has 74 valence electrons. The summed E-state index contributed by atoms with van der Waals surface area (Å²) in [6, 6.07) is -0.431. The molecule has 4 atom stereocenters. The minimum absolute atomic E-state index is 0.00778. The second kappa shape index (κ2) is 5.48. The molecular weight excluding hydrogens is 158 g/mol. The van der Waals surface area contributed by atoms with Crippen LogP contribution < -0.4 is 5.73 Å². The molecule has 0 rings (SSSR count). The average molecular weight is 177 g/mol. The van der Waals surface area contributed by atoms with Gasteiger partial charge < -0.3 is 20.7 Å². The summed E-state index contributed by atoms with van der Waals surface area (Å²) in [7, 11) is 1.59. The van der Waals surface area contributed by atoms with E-state index in [1.165, 1.54) is 6.92 Å². The van der Waals surface area contributed by atoms with Crippen molar-refractivity contribution in [3.8, 4) is 0 Å². The van der Waals surface area contributed by atoms with Gasteiger partial charge in [-0.1, -0.05) is 0 Å². The zero-order valence-corrected chi connectivity index (χ0v) is 7.90. The summed E-state index contributed by atoms with van der Waals surface area (Å²) in [5.74, 6) is 0. The lowest BCUT2D eigenvalue weighted by molar-refractivity contribution is 0.000169. The number of nitrogens with two attached hydrogens (primary N) is 1. The highest BCUT2D eigenvalue weighted by Crippen LogP contribution is 2.05. The van der Waals surface area contributed by atoms with E-state index in [9.17, 15) is 5.11 Å². The van der Waals surface area contributed by atoms with E-state index in [2.05, 4.69) is 0 Å². The highest BCUT2D eigenvalue weighted by Gasteiger charge is 2.21. The maximum Gasteiger partial charge on any atom is 0.0947 e. The first-order valence-electron chi connectivity index (χ1n) is 4.13. The van der Waals surface area contributed by atoms with E-state index in [4.69, 9.17) is 15.6 Å². The molecule has 0 fully saturated rings. The van der Waals surface area contributed by atoms with Crippen molar-refractivity contribution in [3.63, 3.8) is 0 Å². The van der Waals surface area contributed by atoms with Crippen LogP contribution in [0.3, 0.4) is 0 Å². The van der Waals surface area contributed by atoms with Gasteiger partial charge in [0.1, 0.15) is 0 Å². The lowest BCUT2D eigenvalue weighted by atomic mass is 10.0. The molecule has 0 saturated heterocycles. The lowest BCUT2D eigenvalue weighted by Gasteiger charge is -2.23. The fourth-order valence-electron chi connectivity index (χ4n) is 0.977. The number of rotatable bonds is 5. The Balaban J connectivity index is 3.78. The quantitative estimate of drug-likeness (QED) is 0.528. The molecule has 12 heavy (non-hydrogen) atoms. The van der Waals surface area contributed by atoms with Crippen LogP contribution in [0.1, 0.15) is 20.3 Å². The number of ether oxygens (including phenoxy) is 1. The van der Waals surface area contributed by atoms with E-state index in [1.807, 2.05) is 6.92 Å². The Labute approximate surface area is 73.3 Å². The summed E-state index contributed by atoms with van der Waals surface area (Å²) in [6.45, 7) is 3.39. The number of hydrogen-bond donors (Lipinski definition) is 3. The summed E-state index contributed by atoms with van der Waals surface area (Å²) in [5, 5.41) is 18.3. The van der Waals surface area contributed by atoms with Crippen molar-refractivity contribution in [1.82, 2.24) is 0 Å². The zero-order chi connectivity index (χ0) is 9.72. The van der Waals surface area contributed by atoms with Crippen LogP contribution in [0.2, 0.25) is 0 Å². The van der Waals surface area contributed by atoms with E-state index < -0.39 is 18.2 Å². The molecular formula is C8H19NO3. The summed E-state index contributed by atoms with van der Waals surface area (Å²) >= 11 is 0. The fraction of sp³-hybridized carbons (Fsp3) is 1.00. The number of aliphatic hydroxyl groups is 2. The second-order valence-corrected chi connectivity index (χ2v) is 3.18. The van der Waals surface area contributed by atoms with Gasteiger partial charge in [0.15, 0.2) is 0 Å². The van der Waals surface area contributed by atoms with Gasteiger partial charge in [0.2, 0.25) is 0 Å². The zero-order valence-electron chi connectivity index (χ0n) is 7.90. The molecule has 4 nitrogen and oxygen atoms in total. The molecule has 0 spiro atoms. The number of aliphatic hydroxyl groups excluding tert-OH is 2. The molecule has 0 heterocycles. The third-order valence-electron chi connectivity index (χ3n) is 1.94. The lowest BCUT2D eigenvalue weighted by Crippen LogP contribution is -2.43. The second-order valence-electron chi connectivity index (χ2n) is 3.18. The first-order chi connectivity index (χ1) is 5.49. The molecule has 4 heteroatoms. The van der Waals surface area contributed by atoms with Gasteiger partial charge >= 0.3 is 0 Å². The van der Waals surface area contributed by atoms with Gasteiger partial charge in [-0.25, -0.2) is 0 Å². The summed E-state index contributed by atoms with van der Waals surface area (Å²) < 4.78 is 4.98. The minimum atomic E-state index is -0.873. The van der Waals surface area contributed by atoms with Crippen molar-refractivity contribution < 1.29 is 14.9 Å². The van der Waals surface area contributed by atoms with Crippen LogP contribution >= 0.6 is 0 Å². The first kappa shape index (κ1) is 11.8. The molecule has 0 saturated carbocycles. The van der Waals surface area contributed by atoms with Gasteiger partial charge in [-0.05, 0) is 20.3 Å². The monoisotopic (exact) mass is 177 g/mol. The van der Waals surface area contributed by atoms with Crippen molar-refractivity contribution in [1.29, 1.82) is 0 Å². The Bertz CT molecular complexity index is 119. The molecule has 4 unspecified atom stereocenters. The normalized spacial score (nSPS) is 21.5. The minimum Gasteiger partial charge on any atom is -0.391 e. The van der Waals surface area contributed by atoms with E-state index in [-0.39, 0.29) is 6.10 Å². The van der Waals surface area contributed by atoms with Crippen molar-refractivity contribution >= 4 is 0 Å². The van der Waals surface area contributed by atoms with Crippen LogP contribution in [0.25, 0.3) is 0 Å². The summed E-state index contributed by atoms with van der Waals surface area (Å²) in [6.07, 6.45) is -1.11. The summed E-state index contributed by atoms with van der Waals surface area (Å²) in [4.78, 5) is 0. The van der Waals surface area contributed by atoms with E-state index in [0.717, 1.165) is 0 Å². The van der Waals surface area contributed by atoms with Crippen molar-refractivity contribution in [2.45, 2.75) is 44.6 Å². The van der Waals surface area contributed by atoms with E-state index >= 15 is 0 Å². The third-order valence-corrected chi connectivity index (χ3v) is 1.94. The maximum absolute atomic E-state index is 9.31. The third kappa shape index (κ3) is 4.01. The first-order valence-corrected chi connectivity index (χ1v) is 4.13. The van der Waals surface area contributed by atoms with Crippen molar-refractivity contribution in [2.24, 2.45) is 5.73 Å². The molecule has 0 aromatic rings. The molecule has 0 radical (unpaired) electrons. The van der Waals surface area contributed by atoms with Gasteiger partial charge in [-0.3, -0.25) is 0 Å². The predicted molar refractivity (Wildman–Crippen MR) is 46.8 cm³/mol. The molecule has 0 aromatic heterocycles. The molecule has 0 aliphatic heterocycles. The van der Waals surface area contributed by atoms with Gasteiger partial charge in [0, 0.05) is 13.2 Å². The smallest absolute Gasteiger partial charge is 0.0947 e. The molecule has 0 amide bonds. The van der Waals surface area contributed by atoms with Gasteiger partial charge in [0.05, 0.1) is 18.3 Å². The molecule has 0 aliphatic rings. The van der Waals surface area contributed by atoms with Crippen LogP contribution in [-0.2, 0) is 4.74 Å². The Kier molecular flexibility index (Phi) is 5.41. The SMILES string of the molecule is COC(C)CC(N)C(O)C(C)O. The van der Waals surface area contributed by atoms with Crippen LogP contribution in [-0.4, -0.2) is 41.7 Å². The standard InChI is InChI=1S/C8H19NO3/c1-5(12-3)4-7(9)8(11)6(2)10/h5-8,10-11H,4,9H2,1-3H3. The fourth-order valence-corrected chi connectivity index (χ4v) is 0.977. The Morgan fingerprint density at radius 3 is 2.17 bits per heavy atom. The number of hydrogen-bond acceptors (Lipinski definition) is 4. The average Bonchev–Trinajstić information content (AvgIpc) is 2.02. The maximum atomic E-state index is 9.31. The molecule has 4 N–H and O–H groups in total. The Hall–Kier alpha value is -0.160. The Morgan fingerprint density at radius 1 is 1.33 bits per heavy atom. The topological polar surface area (TPSA) is 75.7 Å². The largest absolute Gasteiger partial charge is 0.391 e. The highest BCUT2D eigenvalue weighted by molar-refractivity contribution is 4.77. The van der Waals surface area contributed by atoms with E-state index in [1.54, 1.807) is 7.11 Å². The Morgan fingerprint density at radius 2 is 1.83 bits per heavy atom. The number of methoxy groups -OCH3 is 1. The van der Waals surface area contributed by atoms with Crippen LogP contribution in [0.5, 0.6) is 0 Å². The summed E-state index contributed by atoms with van der Waals surface area (Å²) in [5.41, 5.74) is 5.60. The highest BCUT2D eigenvalue weighted by atomic mass is 16.5. The predicted octanol–water partition coefficient (Wildman–Crippen LogP) is -0.520. The van der Waals surface area contributed by atoms with Gasteiger partial charge in [-0.2, -0.15) is 0 Å². The van der Waals surface area contributed by atoms with Gasteiger partial charge in [-0.15, -0.1) is 0 Å². The van der Waals surface area contributed by atoms with Crippen LogP contribution in [0.15, 0.2) is 0 Å². The van der Waals surface area contributed by atoms with Crippen molar-refractivity contribution in [3.05, 3.63) is 0 Å². The molecule has 0 bridgehead atoms.